The molecule has 0 fully saturated rings. The van der Waals surface area contributed by atoms with Crippen molar-refractivity contribution in [3.8, 4) is 0 Å². The summed E-state index contributed by atoms with van der Waals surface area (Å²) < 4.78 is 0. The van der Waals surface area contributed by atoms with Gasteiger partial charge in [0, 0.05) is 13.1 Å². The molecule has 0 bridgehead atoms. The van der Waals surface area contributed by atoms with Crippen LogP contribution in [0.25, 0.3) is 0 Å². The summed E-state index contributed by atoms with van der Waals surface area (Å²) in [5, 5.41) is 3.55. The van der Waals surface area contributed by atoms with Crippen molar-refractivity contribution in [2.75, 3.05) is 0 Å². The van der Waals surface area contributed by atoms with Gasteiger partial charge < -0.3 is 0 Å². The third-order valence-electron chi connectivity index (χ3n) is 0.575. The topological polar surface area (TPSA) is 41.5 Å². The molecule has 0 aromatic rings. The molecule has 0 aliphatic rings. The van der Waals surface area contributed by atoms with Crippen molar-refractivity contribution < 1.29 is 4.79 Å². The Morgan fingerprint density at radius 1 is 1.67 bits per heavy atom. The maximum Gasteiger partial charge on any atom is 0.236 e. The summed E-state index contributed by atoms with van der Waals surface area (Å²) in [7, 11) is 0. The molecule has 0 saturated carbocycles. The second kappa shape index (κ2) is 5.03. The molecule has 0 aromatic carbocycles. The number of carbonyl (C=O) groups excluding carboxylic acids is 1. The zero-order chi connectivity index (χ0) is 7.11. The minimum absolute atomic E-state index is 0.157. The van der Waals surface area contributed by atoms with Gasteiger partial charge in [0.05, 0.1) is 0 Å². The summed E-state index contributed by atoms with van der Waals surface area (Å²) in [5.74, 6) is -0.157. The first kappa shape index (κ1) is 7.88. The maximum absolute atomic E-state index is 10.2. The highest BCUT2D eigenvalue weighted by molar-refractivity contribution is 5.76. The van der Waals surface area contributed by atoms with Crippen molar-refractivity contribution in [3.63, 3.8) is 0 Å². The van der Waals surface area contributed by atoms with Crippen molar-refractivity contribution in [2.45, 2.75) is 13.8 Å². The number of nitrogens with one attached hydrogen (secondary N) is 1. The maximum atomic E-state index is 10.2. The molecule has 50 valence electrons. The Balaban J connectivity index is 3.36. The lowest BCUT2D eigenvalue weighted by Gasteiger charge is -1.85. The Morgan fingerprint density at radius 2 is 2.33 bits per heavy atom. The average Bonchev–Trinajstić information content (AvgIpc) is 1.80. The lowest BCUT2D eigenvalue weighted by atomic mass is 10.6. The van der Waals surface area contributed by atoms with Crippen molar-refractivity contribution in [2.24, 2.45) is 5.10 Å². The zero-order valence-corrected chi connectivity index (χ0v) is 5.59. The van der Waals surface area contributed by atoms with E-state index in [0.717, 1.165) is 0 Å². The third kappa shape index (κ3) is 6.88. The molecule has 0 spiro atoms. The van der Waals surface area contributed by atoms with Gasteiger partial charge in [0.25, 0.3) is 0 Å². The Morgan fingerprint density at radius 3 is 2.78 bits per heavy atom. The predicted octanol–water partition coefficient (Wildman–Crippen LogP) is 0.684. The van der Waals surface area contributed by atoms with Gasteiger partial charge in [0.1, 0.15) is 0 Å². The molecule has 3 nitrogen and oxygen atoms in total. The number of nitrogens with zero attached hydrogens (tertiary/aromatic N) is 1. The molecule has 0 rings (SSSR count). The van der Waals surface area contributed by atoms with E-state index in [-0.39, 0.29) is 5.91 Å². The van der Waals surface area contributed by atoms with Crippen molar-refractivity contribution in [1.82, 2.24) is 5.43 Å². The number of hydrogen-bond donors (Lipinski definition) is 1. The highest BCUT2D eigenvalue weighted by Crippen LogP contribution is 1.64. The number of amides is 1. The van der Waals surface area contributed by atoms with Crippen LogP contribution in [-0.2, 0) is 4.79 Å². The van der Waals surface area contributed by atoms with Crippen molar-refractivity contribution in [1.29, 1.82) is 0 Å². The summed E-state index contributed by atoms with van der Waals surface area (Å²) in [6.07, 6.45) is 5.07. The first-order chi connectivity index (χ1) is 4.27. The van der Waals surface area contributed by atoms with Crippen LogP contribution < -0.4 is 5.43 Å². The minimum atomic E-state index is -0.157. The van der Waals surface area contributed by atoms with Gasteiger partial charge in [0.15, 0.2) is 0 Å². The van der Waals surface area contributed by atoms with Gasteiger partial charge in [-0.25, -0.2) is 5.43 Å². The lowest BCUT2D eigenvalue weighted by molar-refractivity contribution is -0.118. The molecule has 0 saturated heterocycles. The number of hydrogen-bond acceptors (Lipinski definition) is 2. The fourth-order valence-corrected chi connectivity index (χ4v) is 0.257. The third-order valence-corrected chi connectivity index (χ3v) is 0.575. The van der Waals surface area contributed by atoms with Gasteiger partial charge in [-0.05, 0) is 13.0 Å². The van der Waals surface area contributed by atoms with Crippen molar-refractivity contribution >= 4 is 12.1 Å². The molecule has 0 heterocycles. The van der Waals surface area contributed by atoms with E-state index in [0.29, 0.717) is 0 Å². The Bertz CT molecular complexity index is 138. The van der Waals surface area contributed by atoms with Crippen LogP contribution in [0, 0.1) is 0 Å². The van der Waals surface area contributed by atoms with Gasteiger partial charge >= 0.3 is 0 Å². The van der Waals surface area contributed by atoms with Gasteiger partial charge in [-0.3, -0.25) is 4.79 Å². The summed E-state index contributed by atoms with van der Waals surface area (Å²) in [6.45, 7) is 3.28. The summed E-state index contributed by atoms with van der Waals surface area (Å²) >= 11 is 0. The molecule has 1 amide bonds. The van der Waals surface area contributed by atoms with Gasteiger partial charge in [-0.1, -0.05) is 6.08 Å². The van der Waals surface area contributed by atoms with Crippen LogP contribution in [-0.4, -0.2) is 12.1 Å². The molecule has 0 radical (unpaired) electrons. The Kier molecular flexibility index (Phi) is 4.40. The second-order valence-electron chi connectivity index (χ2n) is 1.47. The van der Waals surface area contributed by atoms with E-state index < -0.39 is 0 Å². The highest BCUT2D eigenvalue weighted by Gasteiger charge is 1.79. The number of rotatable bonds is 2. The van der Waals surface area contributed by atoms with Gasteiger partial charge in [-0.2, -0.15) is 5.10 Å². The van der Waals surface area contributed by atoms with Crippen LogP contribution >= 0.6 is 0 Å². The van der Waals surface area contributed by atoms with Crippen LogP contribution in [0.2, 0.25) is 0 Å². The smallest absolute Gasteiger partial charge is 0.236 e. The van der Waals surface area contributed by atoms with Crippen LogP contribution in [0.4, 0.5) is 0 Å². The molecule has 0 aliphatic heterocycles. The van der Waals surface area contributed by atoms with E-state index in [9.17, 15) is 4.79 Å². The second-order valence-corrected chi connectivity index (χ2v) is 1.47. The Hall–Kier alpha value is -1.12. The molecule has 0 aliphatic carbocycles. The molecular weight excluding hydrogens is 116 g/mol. The van der Waals surface area contributed by atoms with E-state index in [4.69, 9.17) is 0 Å². The summed E-state index contributed by atoms with van der Waals surface area (Å²) in [4.78, 5) is 10.2. The first-order valence-corrected chi connectivity index (χ1v) is 2.68. The van der Waals surface area contributed by atoms with Crippen LogP contribution in [0.1, 0.15) is 13.8 Å². The first-order valence-electron chi connectivity index (χ1n) is 2.68. The van der Waals surface area contributed by atoms with Crippen molar-refractivity contribution in [3.05, 3.63) is 12.2 Å². The molecule has 0 aromatic heterocycles. The molecular formula is C6H10N2O. The zero-order valence-electron chi connectivity index (χ0n) is 5.59. The van der Waals surface area contributed by atoms with E-state index in [1.165, 1.54) is 13.1 Å². The van der Waals surface area contributed by atoms with Gasteiger partial charge in [0.2, 0.25) is 5.91 Å². The average molecular weight is 126 g/mol. The molecule has 0 atom stereocenters. The van der Waals surface area contributed by atoms with E-state index in [1.807, 2.05) is 13.0 Å². The van der Waals surface area contributed by atoms with Gasteiger partial charge in [-0.15, -0.1) is 0 Å². The van der Waals surface area contributed by atoms with E-state index >= 15 is 0 Å². The monoisotopic (exact) mass is 126 g/mol. The van der Waals surface area contributed by atoms with E-state index in [1.54, 1.807) is 6.08 Å². The van der Waals surface area contributed by atoms with Crippen LogP contribution in [0.3, 0.4) is 0 Å². The Labute approximate surface area is 54.5 Å². The summed E-state index contributed by atoms with van der Waals surface area (Å²) in [6, 6.07) is 0. The molecule has 0 unspecified atom stereocenters. The number of carbonyl (C=O) groups is 1. The highest BCUT2D eigenvalue weighted by atomic mass is 16.2. The van der Waals surface area contributed by atoms with Crippen LogP contribution in [0.5, 0.6) is 0 Å². The minimum Gasteiger partial charge on any atom is -0.274 e. The normalized spacial score (nSPS) is 10.9. The van der Waals surface area contributed by atoms with Crippen LogP contribution in [0.15, 0.2) is 17.3 Å². The number of hydrazone groups is 1. The molecule has 3 heteroatoms. The quantitative estimate of drug-likeness (QED) is 0.429. The summed E-state index contributed by atoms with van der Waals surface area (Å²) in [5.41, 5.74) is 2.26. The predicted molar refractivity (Wildman–Crippen MR) is 37.1 cm³/mol. The molecule has 1 N–H and O–H groups in total. The number of allylic oxidation sites excluding steroid dienone is 2. The van der Waals surface area contributed by atoms with E-state index in [2.05, 4.69) is 10.5 Å². The SMILES string of the molecule is C/C=C/C=N/NC(C)=O. The fourth-order valence-electron chi connectivity index (χ4n) is 0.257. The fraction of sp³-hybridized carbons (Fsp3) is 0.333. The largest absolute Gasteiger partial charge is 0.274 e. The molecule has 9 heavy (non-hydrogen) atoms. The lowest BCUT2D eigenvalue weighted by Crippen LogP contribution is -2.11. The standard InChI is InChI=1S/C6H10N2O/c1-3-4-5-7-8-6(2)9/h3-5H,1-2H3,(H,8,9)/b4-3+,7-5+.